The second-order valence-electron chi connectivity index (χ2n) is 3.30. The Morgan fingerprint density at radius 3 is 2.88 bits per heavy atom. The molecule has 0 amide bonds. The fraction of sp³-hybridized carbons (Fsp3) is 0.250. The topological polar surface area (TPSA) is 37.3 Å². The van der Waals surface area contributed by atoms with Crippen molar-refractivity contribution in [2.45, 2.75) is 12.8 Å². The van der Waals surface area contributed by atoms with Crippen molar-refractivity contribution < 1.29 is 9.90 Å². The van der Waals surface area contributed by atoms with Crippen LogP contribution in [0.3, 0.4) is 0 Å². The number of hydrogen-bond acceptors (Lipinski definition) is 1. The minimum Gasteiger partial charge on any atom is -0.481 e. The molecular formula is C12H12BrClO2. The second-order valence-corrected chi connectivity index (χ2v) is 4.50. The van der Waals surface area contributed by atoms with Crippen molar-refractivity contribution in [2.24, 2.45) is 0 Å². The first-order valence-electron chi connectivity index (χ1n) is 4.86. The molecule has 1 N–H and O–H groups in total. The first-order chi connectivity index (χ1) is 7.63. The molecule has 0 aliphatic carbocycles. The molecule has 0 aliphatic rings. The van der Waals surface area contributed by atoms with Gasteiger partial charge in [0.15, 0.2) is 0 Å². The molecule has 0 heterocycles. The van der Waals surface area contributed by atoms with Crippen LogP contribution in [0.25, 0.3) is 6.08 Å². The first kappa shape index (κ1) is 13.3. The molecule has 0 aliphatic heterocycles. The third-order valence-electron chi connectivity index (χ3n) is 2.00. The van der Waals surface area contributed by atoms with E-state index in [1.54, 1.807) is 12.1 Å². The number of alkyl halides is 1. The van der Waals surface area contributed by atoms with Gasteiger partial charge < -0.3 is 5.11 Å². The molecule has 0 bridgehead atoms. The molecule has 0 aromatic heterocycles. The number of carboxylic acid groups (broad SMARTS) is 1. The van der Waals surface area contributed by atoms with Gasteiger partial charge in [0.05, 0.1) is 6.42 Å². The van der Waals surface area contributed by atoms with Gasteiger partial charge in [-0.05, 0) is 29.7 Å². The Balaban J connectivity index is 2.84. The minimum atomic E-state index is -0.872. The highest BCUT2D eigenvalue weighted by atomic mass is 79.9. The lowest BCUT2D eigenvalue weighted by Crippen LogP contribution is -2.00. The molecule has 0 unspecified atom stereocenters. The predicted molar refractivity (Wildman–Crippen MR) is 70.2 cm³/mol. The van der Waals surface area contributed by atoms with E-state index >= 15 is 0 Å². The number of carboxylic acids is 1. The summed E-state index contributed by atoms with van der Waals surface area (Å²) in [6, 6.07) is 5.41. The molecule has 1 aromatic rings. The third-order valence-corrected chi connectivity index (χ3v) is 2.82. The van der Waals surface area contributed by atoms with Gasteiger partial charge in [-0.2, -0.15) is 0 Å². The van der Waals surface area contributed by atoms with Gasteiger partial charge >= 0.3 is 5.97 Å². The number of halogens is 2. The zero-order valence-corrected chi connectivity index (χ0v) is 11.0. The quantitative estimate of drug-likeness (QED) is 0.841. The lowest BCUT2D eigenvalue weighted by atomic mass is 10.1. The summed E-state index contributed by atoms with van der Waals surface area (Å²) in [5, 5.41) is 10.1. The van der Waals surface area contributed by atoms with E-state index in [0.717, 1.165) is 17.3 Å². The monoisotopic (exact) mass is 302 g/mol. The van der Waals surface area contributed by atoms with Crippen LogP contribution in [0.1, 0.15) is 17.5 Å². The van der Waals surface area contributed by atoms with Crippen LogP contribution in [0.5, 0.6) is 0 Å². The minimum absolute atomic E-state index is 0.0427. The number of benzene rings is 1. The molecule has 1 rings (SSSR count). The summed E-state index contributed by atoms with van der Waals surface area (Å²) in [6.45, 7) is 0. The molecular weight excluding hydrogens is 291 g/mol. The summed E-state index contributed by atoms with van der Waals surface area (Å²) in [5.41, 5.74) is 1.62. The van der Waals surface area contributed by atoms with Crippen molar-refractivity contribution in [3.63, 3.8) is 0 Å². The van der Waals surface area contributed by atoms with Crippen LogP contribution in [0.2, 0.25) is 5.02 Å². The highest BCUT2D eigenvalue weighted by Crippen LogP contribution is 2.19. The lowest BCUT2D eigenvalue weighted by Gasteiger charge is -2.02. The average Bonchev–Trinajstić information content (AvgIpc) is 2.22. The Morgan fingerprint density at radius 2 is 2.25 bits per heavy atom. The van der Waals surface area contributed by atoms with Gasteiger partial charge in [-0.15, -0.1) is 0 Å². The van der Waals surface area contributed by atoms with Crippen molar-refractivity contribution in [3.8, 4) is 0 Å². The molecule has 0 spiro atoms. The van der Waals surface area contributed by atoms with Gasteiger partial charge in [0, 0.05) is 10.4 Å². The lowest BCUT2D eigenvalue weighted by molar-refractivity contribution is -0.136. The zero-order valence-electron chi connectivity index (χ0n) is 8.62. The van der Waals surface area contributed by atoms with E-state index in [-0.39, 0.29) is 6.42 Å². The van der Waals surface area contributed by atoms with E-state index in [1.807, 2.05) is 18.2 Å². The predicted octanol–water partition coefficient (Wildman–Crippen LogP) is 3.77. The maximum Gasteiger partial charge on any atom is 0.307 e. The molecule has 0 saturated heterocycles. The number of hydrogen-bond donors (Lipinski definition) is 1. The van der Waals surface area contributed by atoms with Crippen molar-refractivity contribution in [1.82, 2.24) is 0 Å². The summed E-state index contributed by atoms with van der Waals surface area (Å²) in [7, 11) is 0. The Bertz CT molecular complexity index is 402. The Labute approximate surface area is 108 Å². The van der Waals surface area contributed by atoms with Gasteiger partial charge in [-0.1, -0.05) is 45.7 Å². The smallest absolute Gasteiger partial charge is 0.307 e. The van der Waals surface area contributed by atoms with E-state index < -0.39 is 5.97 Å². The van der Waals surface area contributed by atoms with Crippen molar-refractivity contribution in [3.05, 3.63) is 40.4 Å². The molecule has 0 saturated carbocycles. The average molecular weight is 304 g/mol. The Kier molecular flexibility index (Phi) is 5.56. The maximum atomic E-state index is 10.6. The summed E-state index contributed by atoms with van der Waals surface area (Å²) >= 11 is 9.24. The molecule has 0 fully saturated rings. The fourth-order valence-electron chi connectivity index (χ4n) is 1.28. The normalized spacial score (nSPS) is 10.9. The van der Waals surface area contributed by atoms with Gasteiger partial charge in [0.2, 0.25) is 0 Å². The standard InChI is InChI=1S/C12H12BrClO2/c13-6-2-1-3-9-4-5-11(14)10(7-9)8-12(15)16/h1,3-5,7H,2,6,8H2,(H,15,16). The fourth-order valence-corrected chi connectivity index (χ4v) is 1.73. The summed E-state index contributed by atoms with van der Waals surface area (Å²) in [6.07, 6.45) is 4.89. The molecule has 0 atom stereocenters. The zero-order chi connectivity index (χ0) is 12.0. The van der Waals surface area contributed by atoms with Crippen LogP contribution in [-0.2, 0) is 11.2 Å². The van der Waals surface area contributed by atoms with E-state index in [9.17, 15) is 4.79 Å². The SMILES string of the molecule is O=C(O)Cc1cc(C=CCCBr)ccc1Cl. The third kappa shape index (κ3) is 4.37. The highest BCUT2D eigenvalue weighted by Gasteiger charge is 2.05. The van der Waals surface area contributed by atoms with Crippen LogP contribution in [0, 0.1) is 0 Å². The summed E-state index contributed by atoms with van der Waals surface area (Å²) in [4.78, 5) is 10.6. The highest BCUT2D eigenvalue weighted by molar-refractivity contribution is 9.09. The Morgan fingerprint density at radius 1 is 1.50 bits per heavy atom. The maximum absolute atomic E-state index is 10.6. The summed E-state index contributed by atoms with van der Waals surface area (Å²) in [5.74, 6) is -0.872. The van der Waals surface area contributed by atoms with Crippen molar-refractivity contribution >= 4 is 39.6 Å². The van der Waals surface area contributed by atoms with Crippen LogP contribution >= 0.6 is 27.5 Å². The van der Waals surface area contributed by atoms with Gasteiger partial charge in [-0.3, -0.25) is 4.79 Å². The van der Waals surface area contributed by atoms with E-state index in [2.05, 4.69) is 15.9 Å². The van der Waals surface area contributed by atoms with E-state index in [4.69, 9.17) is 16.7 Å². The van der Waals surface area contributed by atoms with Crippen LogP contribution < -0.4 is 0 Å². The van der Waals surface area contributed by atoms with E-state index in [0.29, 0.717) is 10.6 Å². The Hall–Kier alpha value is -0.800. The largest absolute Gasteiger partial charge is 0.481 e. The molecule has 86 valence electrons. The van der Waals surface area contributed by atoms with Crippen LogP contribution in [0.4, 0.5) is 0 Å². The van der Waals surface area contributed by atoms with Gasteiger partial charge in [-0.25, -0.2) is 0 Å². The van der Waals surface area contributed by atoms with Crippen molar-refractivity contribution in [2.75, 3.05) is 5.33 Å². The van der Waals surface area contributed by atoms with Crippen LogP contribution in [0.15, 0.2) is 24.3 Å². The van der Waals surface area contributed by atoms with Crippen LogP contribution in [-0.4, -0.2) is 16.4 Å². The summed E-state index contributed by atoms with van der Waals surface area (Å²) < 4.78 is 0. The molecule has 4 heteroatoms. The molecule has 1 aromatic carbocycles. The number of allylic oxidation sites excluding steroid dienone is 1. The number of aliphatic carboxylic acids is 1. The second kappa shape index (κ2) is 6.71. The number of rotatable bonds is 5. The first-order valence-corrected chi connectivity index (χ1v) is 6.36. The van der Waals surface area contributed by atoms with Crippen molar-refractivity contribution in [1.29, 1.82) is 0 Å². The van der Waals surface area contributed by atoms with E-state index in [1.165, 1.54) is 0 Å². The number of carbonyl (C=O) groups is 1. The van der Waals surface area contributed by atoms with Gasteiger partial charge in [0.25, 0.3) is 0 Å². The van der Waals surface area contributed by atoms with Gasteiger partial charge in [0.1, 0.15) is 0 Å². The molecule has 2 nitrogen and oxygen atoms in total. The molecule has 0 radical (unpaired) electrons. The molecule has 16 heavy (non-hydrogen) atoms.